The molecule has 0 fully saturated rings. The maximum atomic E-state index is 12.7. The van der Waals surface area contributed by atoms with Gasteiger partial charge in [0.1, 0.15) is 10.7 Å². The Bertz CT molecular complexity index is 1060. The molecule has 0 aliphatic carbocycles. The van der Waals surface area contributed by atoms with Crippen molar-refractivity contribution in [3.05, 3.63) is 82.1 Å². The van der Waals surface area contributed by atoms with Gasteiger partial charge >= 0.3 is 0 Å². The van der Waals surface area contributed by atoms with E-state index in [1.165, 1.54) is 0 Å². The van der Waals surface area contributed by atoms with E-state index in [0.29, 0.717) is 11.3 Å². The molecule has 0 N–H and O–H groups in total. The Hall–Kier alpha value is -2.65. The lowest BCUT2D eigenvalue weighted by Crippen LogP contribution is -2.17. The van der Waals surface area contributed by atoms with Crippen molar-refractivity contribution in [1.29, 1.82) is 0 Å². The molecular weight excluding hydrogens is 296 g/mol. The number of fused-ring (bicyclic) bond motifs is 3. The van der Waals surface area contributed by atoms with Crippen LogP contribution in [-0.4, -0.2) is 9.38 Å². The first kappa shape index (κ1) is 13.0. The zero-order valence-electron chi connectivity index (χ0n) is 11.5. The van der Waals surface area contributed by atoms with E-state index in [-0.39, 0.29) is 10.6 Å². The van der Waals surface area contributed by atoms with Crippen LogP contribution >= 0.6 is 11.6 Å². The number of nitrogens with zero attached hydrogens (tertiary/aromatic N) is 2. The van der Waals surface area contributed by atoms with E-state index in [4.69, 9.17) is 11.6 Å². The first-order chi connectivity index (χ1) is 10.8. The van der Waals surface area contributed by atoms with Crippen molar-refractivity contribution in [1.82, 2.24) is 9.38 Å². The lowest BCUT2D eigenvalue weighted by atomic mass is 10.1. The second kappa shape index (κ2) is 4.97. The van der Waals surface area contributed by atoms with E-state index >= 15 is 0 Å². The number of hydrogen-bond donors (Lipinski definition) is 0. The summed E-state index contributed by atoms with van der Waals surface area (Å²) in [6.07, 6.45) is 0. The first-order valence-electron chi connectivity index (χ1n) is 6.91. The van der Waals surface area contributed by atoms with Gasteiger partial charge in [-0.25, -0.2) is 4.98 Å². The molecule has 2 aromatic carbocycles. The summed E-state index contributed by atoms with van der Waals surface area (Å²) < 4.78 is 1.56. The average Bonchev–Trinajstić information content (AvgIpc) is 2.58. The summed E-state index contributed by atoms with van der Waals surface area (Å²) in [6.45, 7) is 0. The summed E-state index contributed by atoms with van der Waals surface area (Å²) in [4.78, 5) is 17.3. The molecule has 0 aliphatic rings. The summed E-state index contributed by atoms with van der Waals surface area (Å²) in [5, 5.41) is 1.11. The maximum absolute atomic E-state index is 12.7. The average molecular weight is 307 g/mol. The largest absolute Gasteiger partial charge is 0.277 e. The van der Waals surface area contributed by atoms with Crippen molar-refractivity contribution < 1.29 is 0 Å². The van der Waals surface area contributed by atoms with Crippen LogP contribution in [0.25, 0.3) is 27.8 Å². The van der Waals surface area contributed by atoms with Gasteiger partial charge in [0.2, 0.25) is 0 Å². The summed E-state index contributed by atoms with van der Waals surface area (Å²) in [6, 6.07) is 21.0. The third-order valence-electron chi connectivity index (χ3n) is 3.69. The van der Waals surface area contributed by atoms with E-state index in [2.05, 4.69) is 4.98 Å². The lowest BCUT2D eigenvalue weighted by molar-refractivity contribution is 1.09. The van der Waals surface area contributed by atoms with Crippen LogP contribution in [0.1, 0.15) is 0 Å². The third kappa shape index (κ3) is 1.90. The molecule has 0 radical (unpaired) electrons. The standard InChI is InChI=1S/C18H11ClN2O/c19-16-17(13-7-2-1-3-8-13)20-15-11-10-12-6-4-5-9-14(12)21(15)18(16)22/h1-11H. The van der Waals surface area contributed by atoms with Crippen LogP contribution in [0.15, 0.2) is 71.5 Å². The van der Waals surface area contributed by atoms with E-state index < -0.39 is 0 Å². The molecule has 0 amide bonds. The summed E-state index contributed by atoms with van der Waals surface area (Å²) >= 11 is 6.31. The summed E-state index contributed by atoms with van der Waals surface area (Å²) in [5.74, 6) is 0. The molecule has 0 saturated heterocycles. The SMILES string of the molecule is O=c1c(Cl)c(-c2ccccc2)nc2ccc3ccccc3n12. The van der Waals surface area contributed by atoms with Gasteiger partial charge in [-0.2, -0.15) is 0 Å². The van der Waals surface area contributed by atoms with E-state index in [1.54, 1.807) is 4.40 Å². The zero-order valence-corrected chi connectivity index (χ0v) is 12.3. The fraction of sp³-hybridized carbons (Fsp3) is 0. The van der Waals surface area contributed by atoms with E-state index in [0.717, 1.165) is 16.5 Å². The topological polar surface area (TPSA) is 34.4 Å². The van der Waals surface area contributed by atoms with Crippen LogP contribution in [0.2, 0.25) is 5.02 Å². The highest BCUT2D eigenvalue weighted by molar-refractivity contribution is 6.32. The van der Waals surface area contributed by atoms with Gasteiger partial charge in [-0.15, -0.1) is 0 Å². The molecule has 0 unspecified atom stereocenters. The van der Waals surface area contributed by atoms with Gasteiger partial charge < -0.3 is 0 Å². The number of para-hydroxylation sites is 1. The van der Waals surface area contributed by atoms with Crippen molar-refractivity contribution >= 4 is 28.2 Å². The number of halogens is 1. The Morgan fingerprint density at radius 3 is 2.41 bits per heavy atom. The summed E-state index contributed by atoms with van der Waals surface area (Å²) in [5.41, 5.74) is 2.50. The molecule has 0 aliphatic heterocycles. The Kier molecular flexibility index (Phi) is 2.94. The van der Waals surface area contributed by atoms with Gasteiger partial charge in [-0.3, -0.25) is 9.20 Å². The molecule has 0 bridgehead atoms. The molecule has 0 saturated carbocycles. The molecule has 3 nitrogen and oxygen atoms in total. The molecule has 106 valence electrons. The number of aromatic nitrogens is 2. The Labute approximate surface area is 131 Å². The molecule has 22 heavy (non-hydrogen) atoms. The van der Waals surface area contributed by atoms with Crippen molar-refractivity contribution in [2.24, 2.45) is 0 Å². The Morgan fingerprint density at radius 1 is 0.864 bits per heavy atom. The zero-order chi connectivity index (χ0) is 15.1. The smallest absolute Gasteiger partial charge is 0.267 e. The van der Waals surface area contributed by atoms with E-state index in [1.807, 2.05) is 66.7 Å². The highest BCUT2D eigenvalue weighted by Gasteiger charge is 2.13. The van der Waals surface area contributed by atoms with Crippen molar-refractivity contribution in [3.8, 4) is 11.3 Å². The van der Waals surface area contributed by atoms with Crippen molar-refractivity contribution in [3.63, 3.8) is 0 Å². The fourth-order valence-corrected chi connectivity index (χ4v) is 2.88. The van der Waals surface area contributed by atoms with Gasteiger partial charge in [0.15, 0.2) is 0 Å². The number of benzene rings is 2. The molecule has 2 aromatic heterocycles. The predicted molar refractivity (Wildman–Crippen MR) is 89.4 cm³/mol. The minimum atomic E-state index is -0.248. The first-order valence-corrected chi connectivity index (χ1v) is 7.29. The van der Waals surface area contributed by atoms with Gasteiger partial charge in [0.05, 0.1) is 11.2 Å². The van der Waals surface area contributed by atoms with Crippen LogP contribution in [0.5, 0.6) is 0 Å². The minimum Gasteiger partial charge on any atom is -0.267 e. The van der Waals surface area contributed by atoms with Crippen LogP contribution in [-0.2, 0) is 0 Å². The van der Waals surface area contributed by atoms with Gasteiger partial charge in [0, 0.05) is 5.56 Å². The quantitative estimate of drug-likeness (QED) is 0.495. The van der Waals surface area contributed by atoms with Gasteiger partial charge in [-0.1, -0.05) is 60.1 Å². The van der Waals surface area contributed by atoms with E-state index in [9.17, 15) is 4.79 Å². The molecule has 2 heterocycles. The fourth-order valence-electron chi connectivity index (χ4n) is 2.65. The van der Waals surface area contributed by atoms with Crippen molar-refractivity contribution in [2.45, 2.75) is 0 Å². The summed E-state index contributed by atoms with van der Waals surface area (Å²) in [7, 11) is 0. The molecule has 0 atom stereocenters. The Balaban J connectivity index is 2.15. The maximum Gasteiger partial charge on any atom is 0.277 e. The van der Waals surface area contributed by atoms with Crippen LogP contribution in [0, 0.1) is 0 Å². The van der Waals surface area contributed by atoms with Crippen LogP contribution in [0.4, 0.5) is 0 Å². The molecule has 4 heteroatoms. The molecular formula is C18H11ClN2O. The van der Waals surface area contributed by atoms with Crippen LogP contribution < -0.4 is 5.56 Å². The minimum absolute atomic E-state index is 0.139. The third-order valence-corrected chi connectivity index (χ3v) is 4.03. The van der Waals surface area contributed by atoms with Crippen molar-refractivity contribution in [2.75, 3.05) is 0 Å². The second-order valence-corrected chi connectivity index (χ2v) is 5.41. The molecule has 4 rings (SSSR count). The van der Waals surface area contributed by atoms with Gasteiger partial charge in [0.25, 0.3) is 5.56 Å². The number of hydrogen-bond acceptors (Lipinski definition) is 2. The Morgan fingerprint density at radius 2 is 1.59 bits per heavy atom. The molecule has 0 spiro atoms. The monoisotopic (exact) mass is 306 g/mol. The number of pyridine rings is 1. The highest BCUT2D eigenvalue weighted by Crippen LogP contribution is 2.24. The number of rotatable bonds is 1. The van der Waals surface area contributed by atoms with Crippen LogP contribution in [0.3, 0.4) is 0 Å². The lowest BCUT2D eigenvalue weighted by Gasteiger charge is -2.09. The molecule has 4 aromatic rings. The highest BCUT2D eigenvalue weighted by atomic mass is 35.5. The second-order valence-electron chi connectivity index (χ2n) is 5.03. The van der Waals surface area contributed by atoms with Gasteiger partial charge in [-0.05, 0) is 23.6 Å². The predicted octanol–water partition coefficient (Wildman–Crippen LogP) is 4.17. The normalized spacial score (nSPS) is 11.1.